The fourth-order valence-electron chi connectivity index (χ4n) is 1.86. The van der Waals surface area contributed by atoms with Gasteiger partial charge in [0.2, 0.25) is 0 Å². The van der Waals surface area contributed by atoms with E-state index in [2.05, 4.69) is 19.8 Å². The molecular weight excluding hydrogens is 308 g/mol. The summed E-state index contributed by atoms with van der Waals surface area (Å²) in [5.74, 6) is 1.25. The summed E-state index contributed by atoms with van der Waals surface area (Å²) in [5.41, 5.74) is 0.756. The van der Waals surface area contributed by atoms with Gasteiger partial charge in [-0.1, -0.05) is 24.4 Å². The SMILES string of the molecule is [C-]#[N+]c1ncc(Sc2ccccn2)cc1Oc1cccnc1C. The van der Waals surface area contributed by atoms with Crippen molar-refractivity contribution in [3.05, 3.63) is 72.1 Å². The molecule has 0 aliphatic rings. The molecule has 0 amide bonds. The van der Waals surface area contributed by atoms with Gasteiger partial charge in [0.1, 0.15) is 17.0 Å². The molecule has 0 spiro atoms. The molecule has 3 aromatic heterocycles. The number of hydrogen-bond acceptors (Lipinski definition) is 5. The molecule has 0 aliphatic carbocycles. The van der Waals surface area contributed by atoms with Crippen LogP contribution in [0.2, 0.25) is 0 Å². The van der Waals surface area contributed by atoms with E-state index < -0.39 is 0 Å². The Hall–Kier alpha value is -2.91. The second-order valence-corrected chi connectivity index (χ2v) is 5.66. The van der Waals surface area contributed by atoms with Crippen molar-refractivity contribution in [1.82, 2.24) is 15.0 Å². The Morgan fingerprint density at radius 1 is 1.04 bits per heavy atom. The van der Waals surface area contributed by atoms with Crippen LogP contribution in [0.5, 0.6) is 11.5 Å². The molecule has 0 unspecified atom stereocenters. The van der Waals surface area contributed by atoms with E-state index in [-0.39, 0.29) is 5.82 Å². The highest BCUT2D eigenvalue weighted by Crippen LogP contribution is 2.36. The minimum atomic E-state index is 0.221. The standard InChI is InChI=1S/C17H12N4OS/c1-12-14(6-5-9-19-12)22-15-10-13(11-21-17(15)18-2)23-16-7-3-4-8-20-16/h3-11H,1H3. The van der Waals surface area contributed by atoms with Gasteiger partial charge in [-0.05, 0) is 37.3 Å². The summed E-state index contributed by atoms with van der Waals surface area (Å²) in [7, 11) is 0. The predicted molar refractivity (Wildman–Crippen MR) is 87.9 cm³/mol. The zero-order valence-corrected chi connectivity index (χ0v) is 13.1. The van der Waals surface area contributed by atoms with Gasteiger partial charge in [-0.3, -0.25) is 4.98 Å². The molecule has 0 atom stereocenters. The Balaban J connectivity index is 1.91. The van der Waals surface area contributed by atoms with Gasteiger partial charge in [0.15, 0.2) is 5.75 Å². The fourth-order valence-corrected chi connectivity index (χ4v) is 2.63. The van der Waals surface area contributed by atoms with Crippen LogP contribution in [0.15, 0.2) is 64.9 Å². The molecule has 0 N–H and O–H groups in total. The molecule has 0 radical (unpaired) electrons. The van der Waals surface area contributed by atoms with E-state index in [9.17, 15) is 0 Å². The van der Waals surface area contributed by atoms with Crippen molar-refractivity contribution in [3.63, 3.8) is 0 Å². The third-order valence-electron chi connectivity index (χ3n) is 2.95. The summed E-state index contributed by atoms with van der Waals surface area (Å²) >= 11 is 1.46. The molecule has 3 aromatic rings. The minimum Gasteiger partial charge on any atom is -0.465 e. The lowest BCUT2D eigenvalue weighted by Gasteiger charge is -2.09. The number of hydrogen-bond donors (Lipinski definition) is 0. The van der Waals surface area contributed by atoms with Gasteiger partial charge >= 0.3 is 5.82 Å². The summed E-state index contributed by atoms with van der Waals surface area (Å²) in [4.78, 5) is 16.9. The van der Waals surface area contributed by atoms with Crippen molar-refractivity contribution in [2.24, 2.45) is 0 Å². The van der Waals surface area contributed by atoms with Crippen LogP contribution in [-0.4, -0.2) is 15.0 Å². The van der Waals surface area contributed by atoms with Crippen LogP contribution in [0.25, 0.3) is 4.85 Å². The molecule has 3 heterocycles. The van der Waals surface area contributed by atoms with Crippen LogP contribution in [0, 0.1) is 13.5 Å². The van der Waals surface area contributed by atoms with E-state index >= 15 is 0 Å². The highest BCUT2D eigenvalue weighted by molar-refractivity contribution is 7.99. The summed E-state index contributed by atoms with van der Waals surface area (Å²) in [6.07, 6.45) is 5.08. The van der Waals surface area contributed by atoms with E-state index in [1.807, 2.05) is 31.2 Å². The first kappa shape index (κ1) is 15.0. The van der Waals surface area contributed by atoms with Gasteiger partial charge in [-0.25, -0.2) is 4.98 Å². The van der Waals surface area contributed by atoms with E-state index in [4.69, 9.17) is 11.3 Å². The Kier molecular flexibility index (Phi) is 4.50. The quantitative estimate of drug-likeness (QED) is 0.654. The average molecular weight is 320 g/mol. The highest BCUT2D eigenvalue weighted by atomic mass is 32.2. The molecule has 5 nitrogen and oxygen atoms in total. The third kappa shape index (κ3) is 3.65. The molecular formula is C17H12N4OS. The molecule has 112 valence electrons. The van der Waals surface area contributed by atoms with Crippen LogP contribution in [-0.2, 0) is 0 Å². The number of rotatable bonds is 4. The van der Waals surface area contributed by atoms with Gasteiger partial charge in [0.25, 0.3) is 0 Å². The molecule has 3 rings (SSSR count). The number of aromatic nitrogens is 3. The monoisotopic (exact) mass is 320 g/mol. The summed E-state index contributed by atoms with van der Waals surface area (Å²) in [6, 6.07) is 11.1. The van der Waals surface area contributed by atoms with Crippen molar-refractivity contribution in [2.45, 2.75) is 16.8 Å². The van der Waals surface area contributed by atoms with E-state index in [1.165, 1.54) is 11.8 Å². The largest absolute Gasteiger partial charge is 0.465 e. The third-order valence-corrected chi connectivity index (χ3v) is 3.86. The van der Waals surface area contributed by atoms with Gasteiger partial charge in [0.05, 0.1) is 10.6 Å². The number of nitrogens with zero attached hydrogens (tertiary/aromatic N) is 4. The van der Waals surface area contributed by atoms with Crippen molar-refractivity contribution < 1.29 is 4.74 Å². The van der Waals surface area contributed by atoms with E-state index in [0.29, 0.717) is 11.5 Å². The van der Waals surface area contributed by atoms with Crippen molar-refractivity contribution in [3.8, 4) is 11.5 Å². The second kappa shape index (κ2) is 6.90. The summed E-state index contributed by atoms with van der Waals surface area (Å²) < 4.78 is 5.84. The molecule has 0 saturated heterocycles. The average Bonchev–Trinajstić information content (AvgIpc) is 2.58. The maximum atomic E-state index is 7.24. The lowest BCUT2D eigenvalue weighted by molar-refractivity contribution is 0.475. The Labute approximate surface area is 138 Å². The number of aryl methyl sites for hydroxylation is 1. The van der Waals surface area contributed by atoms with Crippen LogP contribution >= 0.6 is 11.8 Å². The van der Waals surface area contributed by atoms with Crippen molar-refractivity contribution >= 4 is 17.6 Å². The topological polar surface area (TPSA) is 52.3 Å². The first-order valence-corrected chi connectivity index (χ1v) is 7.64. The summed E-state index contributed by atoms with van der Waals surface area (Å²) in [6.45, 7) is 9.10. The number of ether oxygens (including phenoxy) is 1. The smallest absolute Gasteiger partial charge is 0.312 e. The van der Waals surface area contributed by atoms with Gasteiger partial charge < -0.3 is 9.58 Å². The van der Waals surface area contributed by atoms with Crippen LogP contribution in [0.1, 0.15) is 5.69 Å². The molecule has 0 aromatic carbocycles. The minimum absolute atomic E-state index is 0.221. The van der Waals surface area contributed by atoms with Crippen LogP contribution in [0.4, 0.5) is 5.82 Å². The number of pyridine rings is 3. The maximum Gasteiger partial charge on any atom is 0.312 e. The Bertz CT molecular complexity index is 862. The molecule has 6 heteroatoms. The Morgan fingerprint density at radius 2 is 1.91 bits per heavy atom. The van der Waals surface area contributed by atoms with Gasteiger partial charge in [-0.15, -0.1) is 4.98 Å². The molecule has 0 bridgehead atoms. The Morgan fingerprint density at radius 3 is 2.65 bits per heavy atom. The van der Waals surface area contributed by atoms with Crippen LogP contribution in [0.3, 0.4) is 0 Å². The predicted octanol–water partition coefficient (Wildman–Crippen LogP) is 4.67. The zero-order valence-electron chi connectivity index (χ0n) is 12.3. The van der Waals surface area contributed by atoms with Crippen molar-refractivity contribution in [2.75, 3.05) is 0 Å². The van der Waals surface area contributed by atoms with Crippen LogP contribution < -0.4 is 4.74 Å². The molecule has 0 aliphatic heterocycles. The fraction of sp³-hybridized carbons (Fsp3) is 0.0588. The highest BCUT2D eigenvalue weighted by Gasteiger charge is 2.12. The molecule has 23 heavy (non-hydrogen) atoms. The second-order valence-electron chi connectivity index (χ2n) is 4.56. The summed E-state index contributed by atoms with van der Waals surface area (Å²) in [5, 5.41) is 0.855. The van der Waals surface area contributed by atoms with Crippen molar-refractivity contribution in [1.29, 1.82) is 0 Å². The molecule has 0 fully saturated rings. The maximum absolute atomic E-state index is 7.24. The first-order valence-electron chi connectivity index (χ1n) is 6.82. The zero-order chi connectivity index (χ0) is 16.1. The lowest BCUT2D eigenvalue weighted by Crippen LogP contribution is -1.91. The first-order chi connectivity index (χ1) is 11.3. The molecule has 0 saturated carbocycles. The van der Waals surface area contributed by atoms with E-state index in [0.717, 1.165) is 15.6 Å². The normalized spacial score (nSPS) is 10.1. The van der Waals surface area contributed by atoms with E-state index in [1.54, 1.807) is 30.7 Å². The van der Waals surface area contributed by atoms with Gasteiger partial charge in [0, 0.05) is 12.4 Å². The lowest BCUT2D eigenvalue weighted by atomic mass is 10.3. The van der Waals surface area contributed by atoms with Gasteiger partial charge in [-0.2, -0.15) is 0 Å².